The highest BCUT2D eigenvalue weighted by molar-refractivity contribution is 7.07. The molecule has 2 aromatic heterocycles. The summed E-state index contributed by atoms with van der Waals surface area (Å²) in [6.45, 7) is 3.70. The van der Waals surface area contributed by atoms with E-state index in [0.717, 1.165) is 31.2 Å². The molecule has 1 saturated carbocycles. The summed E-state index contributed by atoms with van der Waals surface area (Å²) < 4.78 is 12.6. The third kappa shape index (κ3) is 5.00. The number of nitrogens with zero attached hydrogens (tertiary/aromatic N) is 2. The van der Waals surface area contributed by atoms with Crippen molar-refractivity contribution in [2.24, 2.45) is 5.41 Å². The number of ether oxygens (including phenoxy) is 2. The van der Waals surface area contributed by atoms with E-state index >= 15 is 0 Å². The van der Waals surface area contributed by atoms with Crippen LogP contribution in [0.1, 0.15) is 60.6 Å². The quantitative estimate of drug-likeness (QED) is 0.600. The molecule has 2 aliphatic rings. The Kier molecular flexibility index (Phi) is 7.22. The van der Waals surface area contributed by atoms with Crippen molar-refractivity contribution in [3.8, 4) is 5.75 Å². The highest BCUT2D eigenvalue weighted by Crippen LogP contribution is 2.38. The van der Waals surface area contributed by atoms with Crippen LogP contribution in [0, 0.1) is 5.41 Å². The van der Waals surface area contributed by atoms with Gasteiger partial charge in [-0.05, 0) is 35.2 Å². The Morgan fingerprint density at radius 3 is 2.64 bits per heavy atom. The van der Waals surface area contributed by atoms with Crippen LogP contribution in [-0.4, -0.2) is 48.1 Å². The Morgan fingerprint density at radius 1 is 1.15 bits per heavy atom. The highest BCUT2D eigenvalue weighted by atomic mass is 32.1. The molecule has 0 N–H and O–H groups in total. The molecule has 2 aromatic rings. The summed E-state index contributed by atoms with van der Waals surface area (Å²) in [6.07, 6.45) is 6.24. The number of fused-ring (bicyclic) bond motifs is 1. The molecule has 7 nitrogen and oxygen atoms in total. The van der Waals surface area contributed by atoms with Gasteiger partial charge in [-0.15, -0.1) is 0 Å². The molecule has 1 aliphatic carbocycles. The second-order valence-corrected chi connectivity index (χ2v) is 9.99. The maximum Gasteiger partial charge on any atom is 0.343 e. The zero-order valence-corrected chi connectivity index (χ0v) is 20.2. The summed E-state index contributed by atoms with van der Waals surface area (Å²) in [4.78, 5) is 41.0. The second kappa shape index (κ2) is 10.1. The molecular weight excluding hydrogens is 440 g/mol. The summed E-state index contributed by atoms with van der Waals surface area (Å²) in [5.74, 6) is -0.106. The van der Waals surface area contributed by atoms with Crippen molar-refractivity contribution >= 4 is 23.2 Å². The fourth-order valence-corrected chi connectivity index (χ4v) is 5.73. The number of pyridine rings is 1. The lowest BCUT2D eigenvalue weighted by Gasteiger charge is -2.36. The van der Waals surface area contributed by atoms with Crippen LogP contribution in [0.3, 0.4) is 0 Å². The van der Waals surface area contributed by atoms with Gasteiger partial charge in [0.1, 0.15) is 11.3 Å². The van der Waals surface area contributed by atoms with Crippen molar-refractivity contribution in [1.82, 2.24) is 9.47 Å². The van der Waals surface area contributed by atoms with Gasteiger partial charge in [-0.3, -0.25) is 9.59 Å². The van der Waals surface area contributed by atoms with Crippen molar-refractivity contribution in [1.29, 1.82) is 0 Å². The van der Waals surface area contributed by atoms with E-state index in [1.165, 1.54) is 19.6 Å². The number of carbonyl (C=O) groups excluding carboxylic acids is 2. The molecule has 0 spiro atoms. The molecule has 1 amide bonds. The Labute approximate surface area is 198 Å². The van der Waals surface area contributed by atoms with Gasteiger partial charge in [0.05, 0.1) is 13.7 Å². The molecular formula is C25H32N2O5S. The van der Waals surface area contributed by atoms with Crippen LogP contribution in [0.4, 0.5) is 0 Å². The number of carbonyl (C=O) groups is 2. The highest BCUT2D eigenvalue weighted by Gasteiger charge is 2.38. The number of thiophene rings is 1. The van der Waals surface area contributed by atoms with Gasteiger partial charge >= 0.3 is 5.97 Å². The summed E-state index contributed by atoms with van der Waals surface area (Å²) >= 11 is 1.62. The van der Waals surface area contributed by atoms with E-state index in [1.807, 2.05) is 16.3 Å². The van der Waals surface area contributed by atoms with Crippen molar-refractivity contribution in [3.63, 3.8) is 0 Å². The predicted molar refractivity (Wildman–Crippen MR) is 127 cm³/mol. The molecule has 0 unspecified atom stereocenters. The van der Waals surface area contributed by atoms with Gasteiger partial charge in [0, 0.05) is 49.7 Å². The molecule has 8 heteroatoms. The van der Waals surface area contributed by atoms with Crippen LogP contribution in [0.2, 0.25) is 0 Å². The number of aromatic nitrogens is 1. The number of hydrogen-bond donors (Lipinski definition) is 0. The Balaban J connectivity index is 1.58. The zero-order valence-electron chi connectivity index (χ0n) is 19.4. The SMILES string of the molecule is COC(=O)c1c(OCCc2ccsc2)cc(=O)n2c1CCN(C(=O)C1(C)CCCCC1)CC2. The molecule has 1 aliphatic heterocycles. The van der Waals surface area contributed by atoms with Crippen molar-refractivity contribution in [2.45, 2.75) is 58.4 Å². The van der Waals surface area contributed by atoms with E-state index in [0.29, 0.717) is 50.3 Å². The molecule has 178 valence electrons. The molecule has 0 aromatic carbocycles. The van der Waals surface area contributed by atoms with Gasteiger partial charge < -0.3 is 18.9 Å². The minimum Gasteiger partial charge on any atom is -0.492 e. The fraction of sp³-hybridized carbons (Fsp3) is 0.560. The van der Waals surface area contributed by atoms with Gasteiger partial charge in [0.25, 0.3) is 5.56 Å². The smallest absolute Gasteiger partial charge is 0.343 e. The van der Waals surface area contributed by atoms with Crippen LogP contribution in [0.15, 0.2) is 27.7 Å². The summed E-state index contributed by atoms with van der Waals surface area (Å²) in [5, 5.41) is 4.06. The van der Waals surface area contributed by atoms with Crippen molar-refractivity contribution in [2.75, 3.05) is 26.8 Å². The molecule has 1 fully saturated rings. The number of hydrogen-bond acceptors (Lipinski definition) is 6. The predicted octanol–water partition coefficient (Wildman–Crippen LogP) is 3.67. The summed E-state index contributed by atoms with van der Waals surface area (Å²) in [5.41, 5.74) is 1.48. The topological polar surface area (TPSA) is 77.8 Å². The Hall–Kier alpha value is -2.61. The first-order chi connectivity index (χ1) is 15.9. The molecule has 0 atom stereocenters. The number of rotatable bonds is 6. The Morgan fingerprint density at radius 2 is 1.94 bits per heavy atom. The van der Waals surface area contributed by atoms with Gasteiger partial charge in [-0.2, -0.15) is 11.3 Å². The van der Waals surface area contributed by atoms with Gasteiger partial charge in [0.2, 0.25) is 5.91 Å². The Bertz CT molecular complexity index is 1050. The molecule has 4 rings (SSSR count). The first-order valence-corrected chi connectivity index (χ1v) is 12.7. The van der Waals surface area contributed by atoms with E-state index < -0.39 is 5.97 Å². The average molecular weight is 473 g/mol. The molecule has 0 bridgehead atoms. The maximum absolute atomic E-state index is 13.4. The van der Waals surface area contributed by atoms with Crippen molar-refractivity contribution in [3.05, 3.63) is 50.1 Å². The minimum absolute atomic E-state index is 0.162. The van der Waals surface area contributed by atoms with E-state index in [2.05, 4.69) is 12.3 Å². The average Bonchev–Trinajstić information content (AvgIpc) is 3.23. The molecule has 0 radical (unpaired) electrons. The summed E-state index contributed by atoms with van der Waals surface area (Å²) in [7, 11) is 1.33. The third-order valence-electron chi connectivity index (χ3n) is 6.97. The van der Waals surface area contributed by atoms with Crippen LogP contribution >= 0.6 is 11.3 Å². The van der Waals surface area contributed by atoms with E-state index in [9.17, 15) is 14.4 Å². The van der Waals surface area contributed by atoms with Crippen LogP contribution in [0.5, 0.6) is 5.75 Å². The van der Waals surface area contributed by atoms with Gasteiger partial charge in [-0.1, -0.05) is 26.2 Å². The van der Waals surface area contributed by atoms with Crippen LogP contribution in [-0.2, 0) is 28.9 Å². The van der Waals surface area contributed by atoms with E-state index in [-0.39, 0.29) is 22.6 Å². The van der Waals surface area contributed by atoms with Crippen molar-refractivity contribution < 1.29 is 19.1 Å². The third-order valence-corrected chi connectivity index (χ3v) is 7.70. The lowest BCUT2D eigenvalue weighted by molar-refractivity contribution is -0.143. The van der Waals surface area contributed by atoms with Crippen LogP contribution < -0.4 is 10.3 Å². The number of methoxy groups -OCH3 is 1. The largest absolute Gasteiger partial charge is 0.492 e. The lowest BCUT2D eigenvalue weighted by atomic mass is 9.74. The zero-order chi connectivity index (χ0) is 23.4. The first-order valence-electron chi connectivity index (χ1n) is 11.7. The molecule has 0 saturated heterocycles. The number of esters is 1. The fourth-order valence-electron chi connectivity index (χ4n) is 5.03. The normalized spacial score (nSPS) is 17.7. The monoisotopic (exact) mass is 472 g/mol. The standard InChI is InChI=1S/C25H32N2O5S/c1-25(9-4-3-5-10-25)24(30)26-11-6-19-22(23(29)31-2)20(16-21(28)27(19)13-12-26)32-14-7-18-8-15-33-17-18/h8,15-17H,3-7,9-14H2,1-2H3. The second-order valence-electron chi connectivity index (χ2n) is 9.21. The van der Waals surface area contributed by atoms with Crippen LogP contribution in [0.25, 0.3) is 0 Å². The summed E-state index contributed by atoms with van der Waals surface area (Å²) in [6, 6.07) is 3.41. The minimum atomic E-state index is -0.525. The lowest BCUT2D eigenvalue weighted by Crippen LogP contribution is -2.44. The van der Waals surface area contributed by atoms with E-state index in [4.69, 9.17) is 9.47 Å². The number of amides is 1. The van der Waals surface area contributed by atoms with Gasteiger partial charge in [-0.25, -0.2) is 4.79 Å². The first kappa shape index (κ1) is 23.5. The molecule has 3 heterocycles. The van der Waals surface area contributed by atoms with E-state index in [1.54, 1.807) is 15.9 Å². The van der Waals surface area contributed by atoms with Gasteiger partial charge in [0.15, 0.2) is 0 Å². The maximum atomic E-state index is 13.4. The molecule has 33 heavy (non-hydrogen) atoms.